The van der Waals surface area contributed by atoms with E-state index in [0.717, 1.165) is 16.3 Å². The van der Waals surface area contributed by atoms with Crippen LogP contribution in [0.1, 0.15) is 39.2 Å². The molecule has 9 heteroatoms. The van der Waals surface area contributed by atoms with Gasteiger partial charge in [-0.2, -0.15) is 0 Å². The van der Waals surface area contributed by atoms with E-state index in [1.165, 1.54) is 4.31 Å². The fourth-order valence-corrected chi connectivity index (χ4v) is 6.43. The molecule has 1 atom stereocenters. The molecule has 4 rings (SSSR count). The number of ether oxygens (including phenoxy) is 1. The van der Waals surface area contributed by atoms with Crippen molar-refractivity contribution in [2.45, 2.75) is 51.1 Å². The summed E-state index contributed by atoms with van der Waals surface area (Å²) in [6.07, 6.45) is 0.429. The van der Waals surface area contributed by atoms with Crippen molar-refractivity contribution in [2.75, 3.05) is 24.5 Å². The van der Waals surface area contributed by atoms with E-state index in [9.17, 15) is 18.0 Å². The average molecular weight is 538 g/mol. The zero-order valence-corrected chi connectivity index (χ0v) is 23.1. The standard InChI is InChI=1S/C29H35N3O5S/c1-20(2)18-30-29(34)21(3)31(19-22-13-15-24(37-4)16-14-22)27(33)12-7-17-32-25-10-5-8-23-9-6-11-26(28(23)25)38(32,35)36/h5-6,8-11,13-16,20-21H,7,12,17-19H2,1-4H3,(H,30,34). The number of hydrogen-bond donors (Lipinski definition) is 1. The van der Waals surface area contributed by atoms with Gasteiger partial charge in [-0.05, 0) is 54.5 Å². The number of hydrogen-bond acceptors (Lipinski definition) is 5. The van der Waals surface area contributed by atoms with E-state index in [1.54, 1.807) is 37.1 Å². The van der Waals surface area contributed by atoms with Crippen LogP contribution in [0.15, 0.2) is 65.6 Å². The van der Waals surface area contributed by atoms with E-state index in [0.29, 0.717) is 29.3 Å². The highest BCUT2D eigenvalue weighted by Crippen LogP contribution is 2.42. The molecule has 0 saturated carbocycles. The lowest BCUT2D eigenvalue weighted by Gasteiger charge is -2.29. The second-order valence-corrected chi connectivity index (χ2v) is 11.8. The summed E-state index contributed by atoms with van der Waals surface area (Å²) in [5.41, 5.74) is 1.51. The van der Waals surface area contributed by atoms with Crippen molar-refractivity contribution in [3.63, 3.8) is 0 Å². The SMILES string of the molecule is COc1ccc(CN(C(=O)CCCN2c3cccc4cccc(c34)S2(=O)=O)C(C)C(=O)NCC(C)C)cc1. The minimum Gasteiger partial charge on any atom is -0.497 e. The molecule has 1 aliphatic heterocycles. The van der Waals surface area contributed by atoms with Gasteiger partial charge in [0.25, 0.3) is 10.0 Å². The van der Waals surface area contributed by atoms with Crippen LogP contribution in [0.25, 0.3) is 10.8 Å². The van der Waals surface area contributed by atoms with Gasteiger partial charge < -0.3 is 15.0 Å². The Hall–Kier alpha value is -3.59. The molecule has 0 aromatic heterocycles. The maximum absolute atomic E-state index is 13.5. The van der Waals surface area contributed by atoms with Crippen molar-refractivity contribution in [1.29, 1.82) is 0 Å². The van der Waals surface area contributed by atoms with Gasteiger partial charge in [-0.25, -0.2) is 8.42 Å². The highest BCUT2D eigenvalue weighted by molar-refractivity contribution is 7.93. The van der Waals surface area contributed by atoms with Crippen LogP contribution in [-0.4, -0.2) is 51.4 Å². The Morgan fingerprint density at radius 2 is 1.68 bits per heavy atom. The molecule has 3 aromatic carbocycles. The van der Waals surface area contributed by atoms with Crippen LogP contribution in [0.3, 0.4) is 0 Å². The zero-order chi connectivity index (χ0) is 27.4. The maximum Gasteiger partial charge on any atom is 0.265 e. The van der Waals surface area contributed by atoms with E-state index < -0.39 is 16.1 Å². The lowest BCUT2D eigenvalue weighted by atomic mass is 10.1. The second-order valence-electron chi connectivity index (χ2n) is 10.00. The quantitative estimate of drug-likeness (QED) is 0.393. The fourth-order valence-electron chi connectivity index (χ4n) is 4.68. The first-order valence-electron chi connectivity index (χ1n) is 12.9. The minimum absolute atomic E-state index is 0.107. The third-order valence-corrected chi connectivity index (χ3v) is 8.65. The monoisotopic (exact) mass is 537 g/mol. The van der Waals surface area contributed by atoms with Gasteiger partial charge in [0.05, 0.1) is 17.7 Å². The first-order valence-corrected chi connectivity index (χ1v) is 14.3. The first-order chi connectivity index (χ1) is 18.1. The van der Waals surface area contributed by atoms with Gasteiger partial charge in [-0.1, -0.05) is 50.2 Å². The van der Waals surface area contributed by atoms with Gasteiger partial charge in [-0.15, -0.1) is 0 Å². The summed E-state index contributed by atoms with van der Waals surface area (Å²) in [6.45, 7) is 6.69. The van der Waals surface area contributed by atoms with Gasteiger partial charge in [0.1, 0.15) is 11.8 Å². The summed E-state index contributed by atoms with van der Waals surface area (Å²) < 4.78 is 33.1. The number of anilines is 1. The molecule has 0 aliphatic carbocycles. The molecule has 0 saturated heterocycles. The molecule has 8 nitrogen and oxygen atoms in total. The van der Waals surface area contributed by atoms with E-state index in [4.69, 9.17) is 4.74 Å². The molecule has 0 spiro atoms. The molecule has 1 heterocycles. The zero-order valence-electron chi connectivity index (χ0n) is 22.3. The number of benzene rings is 3. The van der Waals surface area contributed by atoms with Crippen LogP contribution in [0.4, 0.5) is 5.69 Å². The lowest BCUT2D eigenvalue weighted by Crippen LogP contribution is -2.48. The molecule has 38 heavy (non-hydrogen) atoms. The Morgan fingerprint density at radius 3 is 2.34 bits per heavy atom. The number of sulfonamides is 1. The molecule has 2 amide bonds. The van der Waals surface area contributed by atoms with Crippen molar-refractivity contribution in [3.8, 4) is 5.75 Å². The van der Waals surface area contributed by atoms with Crippen LogP contribution in [-0.2, 0) is 26.2 Å². The van der Waals surface area contributed by atoms with E-state index in [-0.39, 0.29) is 37.2 Å². The normalized spacial score (nSPS) is 14.5. The summed E-state index contributed by atoms with van der Waals surface area (Å²) >= 11 is 0. The third kappa shape index (κ3) is 5.62. The number of methoxy groups -OCH3 is 1. The number of carbonyl (C=O) groups is 2. The number of carbonyl (C=O) groups excluding carboxylic acids is 2. The largest absolute Gasteiger partial charge is 0.497 e. The Balaban J connectivity index is 1.48. The molecule has 1 unspecified atom stereocenters. The maximum atomic E-state index is 13.5. The molecule has 0 fully saturated rings. The molecule has 0 radical (unpaired) electrons. The molecule has 0 bridgehead atoms. The third-order valence-electron chi connectivity index (χ3n) is 6.80. The average Bonchev–Trinajstić information content (AvgIpc) is 3.13. The van der Waals surface area contributed by atoms with Gasteiger partial charge in [-0.3, -0.25) is 13.9 Å². The number of nitrogens with zero attached hydrogens (tertiary/aromatic N) is 2. The smallest absolute Gasteiger partial charge is 0.265 e. The Labute approximate surface area is 224 Å². The summed E-state index contributed by atoms with van der Waals surface area (Å²) in [4.78, 5) is 28.2. The van der Waals surface area contributed by atoms with Gasteiger partial charge in [0, 0.05) is 31.4 Å². The number of rotatable bonds is 11. The Bertz CT molecular complexity index is 1410. The molecular weight excluding hydrogens is 502 g/mol. The highest BCUT2D eigenvalue weighted by atomic mass is 32.2. The van der Waals surface area contributed by atoms with Gasteiger partial charge in [0.2, 0.25) is 11.8 Å². The molecule has 202 valence electrons. The number of amides is 2. The minimum atomic E-state index is -3.68. The van der Waals surface area contributed by atoms with Crippen LogP contribution in [0.2, 0.25) is 0 Å². The number of nitrogens with one attached hydrogen (secondary N) is 1. The van der Waals surface area contributed by atoms with Crippen LogP contribution in [0, 0.1) is 5.92 Å². The van der Waals surface area contributed by atoms with E-state index >= 15 is 0 Å². The molecule has 1 N–H and O–H groups in total. The summed E-state index contributed by atoms with van der Waals surface area (Å²) in [5, 5.41) is 4.50. The summed E-state index contributed by atoms with van der Waals surface area (Å²) in [7, 11) is -2.10. The van der Waals surface area contributed by atoms with Crippen LogP contribution >= 0.6 is 0 Å². The first kappa shape index (κ1) is 27.4. The van der Waals surface area contributed by atoms with Crippen LogP contribution < -0.4 is 14.4 Å². The Kier molecular flexibility index (Phi) is 8.26. The van der Waals surface area contributed by atoms with E-state index in [2.05, 4.69) is 5.32 Å². The van der Waals surface area contributed by atoms with Gasteiger partial charge >= 0.3 is 0 Å². The predicted molar refractivity (Wildman–Crippen MR) is 149 cm³/mol. The van der Waals surface area contributed by atoms with Gasteiger partial charge in [0.15, 0.2) is 0 Å². The van der Waals surface area contributed by atoms with Crippen molar-refractivity contribution >= 4 is 38.3 Å². The molecular formula is C29H35N3O5S. The fraction of sp³-hybridized carbons (Fsp3) is 0.379. The van der Waals surface area contributed by atoms with Crippen molar-refractivity contribution in [1.82, 2.24) is 10.2 Å². The second kappa shape index (κ2) is 11.4. The van der Waals surface area contributed by atoms with Crippen LogP contribution in [0.5, 0.6) is 5.75 Å². The van der Waals surface area contributed by atoms with Crippen molar-refractivity contribution < 1.29 is 22.7 Å². The Morgan fingerprint density at radius 1 is 1.00 bits per heavy atom. The highest BCUT2D eigenvalue weighted by Gasteiger charge is 2.35. The molecule has 1 aliphatic rings. The summed E-state index contributed by atoms with van der Waals surface area (Å²) in [5.74, 6) is 0.565. The topological polar surface area (TPSA) is 96.0 Å². The van der Waals surface area contributed by atoms with E-state index in [1.807, 2.05) is 56.3 Å². The van der Waals surface area contributed by atoms with Crippen molar-refractivity contribution in [2.24, 2.45) is 5.92 Å². The predicted octanol–water partition coefficient (Wildman–Crippen LogP) is 4.33. The lowest BCUT2D eigenvalue weighted by molar-refractivity contribution is -0.140. The molecule has 3 aromatic rings. The summed E-state index contributed by atoms with van der Waals surface area (Å²) in [6, 6.07) is 17.5. The van der Waals surface area contributed by atoms with Crippen molar-refractivity contribution in [3.05, 3.63) is 66.2 Å².